The van der Waals surface area contributed by atoms with Crippen molar-refractivity contribution in [3.05, 3.63) is 35.5 Å². The molecule has 0 spiro atoms. The number of nitrogens with zero attached hydrogens (tertiary/aromatic N) is 1. The molecule has 0 unspecified atom stereocenters. The Balaban J connectivity index is 2.54. The zero-order chi connectivity index (χ0) is 10.4. The first-order valence-electron chi connectivity index (χ1n) is 4.03. The molecule has 0 aromatic carbocycles. The summed E-state index contributed by atoms with van der Waals surface area (Å²) in [5.41, 5.74) is 5.02. The van der Waals surface area contributed by atoms with Crippen LogP contribution in [0.5, 0.6) is 0 Å². The van der Waals surface area contributed by atoms with E-state index in [1.165, 1.54) is 6.08 Å². The van der Waals surface area contributed by atoms with Gasteiger partial charge in [0.1, 0.15) is 0 Å². The number of aromatic nitrogens is 1. The summed E-state index contributed by atoms with van der Waals surface area (Å²) in [6.45, 7) is 1.76. The molecule has 0 aliphatic rings. The van der Waals surface area contributed by atoms with E-state index in [1.807, 2.05) is 0 Å². The minimum atomic E-state index is -0.255. The predicted molar refractivity (Wildman–Crippen MR) is 55.8 cm³/mol. The van der Waals surface area contributed by atoms with Crippen LogP contribution in [0, 0.1) is 0 Å². The number of anilines is 1. The fourth-order valence-corrected chi connectivity index (χ4v) is 0.960. The quantitative estimate of drug-likeness (QED) is 0.592. The summed E-state index contributed by atoms with van der Waals surface area (Å²) in [6, 6.07) is 3.39. The molecule has 0 saturated heterocycles. The summed E-state index contributed by atoms with van der Waals surface area (Å²) in [5, 5.41) is 0.452. The molecule has 0 bridgehead atoms. The minimum Gasteiger partial charge on any atom is -0.280 e. The number of carbonyl (C=O) groups excluding carboxylic acids is 1. The van der Waals surface area contributed by atoms with E-state index in [2.05, 4.69) is 15.8 Å². The summed E-state index contributed by atoms with van der Waals surface area (Å²) in [5.74, 6) is 0.168. The average molecular weight is 212 g/mol. The van der Waals surface area contributed by atoms with Crippen molar-refractivity contribution < 1.29 is 4.79 Å². The molecular weight excluding hydrogens is 202 g/mol. The predicted octanol–water partition coefficient (Wildman–Crippen LogP) is 1.75. The standard InChI is InChI=1S/C9H10ClN3O/c1-2-4-8(14)12-13-9-7(10)5-3-6-11-9/h2-6H,1H3,(H,11,13)(H,12,14)/b4-2+. The van der Waals surface area contributed by atoms with Gasteiger partial charge >= 0.3 is 0 Å². The Labute approximate surface area is 87.0 Å². The minimum absolute atomic E-state index is 0.255. The SMILES string of the molecule is C/C=C/C(=O)NNc1ncccc1Cl. The van der Waals surface area contributed by atoms with Gasteiger partial charge in [-0.1, -0.05) is 17.7 Å². The van der Waals surface area contributed by atoms with Crippen molar-refractivity contribution in [3.63, 3.8) is 0 Å². The van der Waals surface area contributed by atoms with Crippen molar-refractivity contribution in [1.82, 2.24) is 10.4 Å². The second-order valence-corrected chi connectivity index (χ2v) is 2.86. The third-order valence-electron chi connectivity index (χ3n) is 1.38. The van der Waals surface area contributed by atoms with Crippen molar-refractivity contribution in [3.8, 4) is 0 Å². The molecule has 0 fully saturated rings. The van der Waals surface area contributed by atoms with Crippen molar-refractivity contribution in [1.29, 1.82) is 0 Å². The summed E-state index contributed by atoms with van der Waals surface area (Å²) < 4.78 is 0. The van der Waals surface area contributed by atoms with Crippen LogP contribution in [0.4, 0.5) is 5.82 Å². The molecule has 0 radical (unpaired) electrons. The zero-order valence-electron chi connectivity index (χ0n) is 7.62. The fourth-order valence-electron chi connectivity index (χ4n) is 0.792. The lowest BCUT2D eigenvalue weighted by Gasteiger charge is -2.06. The van der Waals surface area contributed by atoms with Gasteiger partial charge in [-0.05, 0) is 19.1 Å². The lowest BCUT2D eigenvalue weighted by Crippen LogP contribution is -2.28. The highest BCUT2D eigenvalue weighted by Crippen LogP contribution is 2.15. The Bertz CT molecular complexity index is 352. The monoisotopic (exact) mass is 211 g/mol. The summed E-state index contributed by atoms with van der Waals surface area (Å²) in [6.07, 6.45) is 4.61. The smallest absolute Gasteiger partial charge is 0.262 e. The number of rotatable bonds is 3. The number of allylic oxidation sites excluding steroid dienone is 1. The Morgan fingerprint density at radius 2 is 2.43 bits per heavy atom. The van der Waals surface area contributed by atoms with Crippen LogP contribution in [0.2, 0.25) is 5.02 Å². The highest BCUT2D eigenvalue weighted by Gasteiger charge is 1.99. The number of carbonyl (C=O) groups is 1. The normalized spacial score (nSPS) is 10.1. The molecule has 1 amide bonds. The third kappa shape index (κ3) is 3.06. The maximum Gasteiger partial charge on any atom is 0.262 e. The molecule has 0 aliphatic carbocycles. The largest absolute Gasteiger partial charge is 0.280 e. The van der Waals surface area contributed by atoms with Gasteiger partial charge in [0.05, 0.1) is 5.02 Å². The van der Waals surface area contributed by atoms with Crippen LogP contribution in [-0.2, 0) is 4.79 Å². The molecule has 1 heterocycles. The van der Waals surface area contributed by atoms with Gasteiger partial charge in [-0.2, -0.15) is 0 Å². The van der Waals surface area contributed by atoms with Gasteiger partial charge in [0.2, 0.25) is 0 Å². The van der Waals surface area contributed by atoms with Gasteiger partial charge in [-0.25, -0.2) is 4.98 Å². The number of hydrazine groups is 1. The Kier molecular flexibility index (Phi) is 3.94. The Morgan fingerprint density at radius 3 is 3.07 bits per heavy atom. The lowest BCUT2D eigenvalue weighted by molar-refractivity contribution is -0.116. The molecule has 5 heteroatoms. The molecule has 0 aliphatic heterocycles. The van der Waals surface area contributed by atoms with E-state index < -0.39 is 0 Å². The van der Waals surface area contributed by atoms with E-state index in [1.54, 1.807) is 31.3 Å². The van der Waals surface area contributed by atoms with Gasteiger partial charge in [-0.3, -0.25) is 15.6 Å². The van der Waals surface area contributed by atoms with Gasteiger partial charge in [-0.15, -0.1) is 0 Å². The zero-order valence-corrected chi connectivity index (χ0v) is 8.38. The maximum absolute atomic E-state index is 11.0. The number of nitrogens with one attached hydrogen (secondary N) is 2. The number of hydrogen-bond acceptors (Lipinski definition) is 3. The molecule has 0 saturated carbocycles. The van der Waals surface area contributed by atoms with Crippen LogP contribution in [0.15, 0.2) is 30.5 Å². The topological polar surface area (TPSA) is 54.0 Å². The molecule has 1 aromatic rings. The van der Waals surface area contributed by atoms with Gasteiger partial charge in [0.25, 0.3) is 5.91 Å². The van der Waals surface area contributed by atoms with E-state index in [-0.39, 0.29) is 5.91 Å². The Morgan fingerprint density at radius 1 is 1.64 bits per heavy atom. The lowest BCUT2D eigenvalue weighted by atomic mass is 10.5. The summed E-state index contributed by atoms with van der Waals surface area (Å²) >= 11 is 5.79. The molecular formula is C9H10ClN3O. The molecule has 2 N–H and O–H groups in total. The van der Waals surface area contributed by atoms with E-state index in [9.17, 15) is 4.79 Å². The van der Waals surface area contributed by atoms with E-state index in [0.29, 0.717) is 10.8 Å². The number of halogens is 1. The average Bonchev–Trinajstić information content (AvgIpc) is 2.17. The molecule has 4 nitrogen and oxygen atoms in total. The van der Waals surface area contributed by atoms with Gasteiger partial charge in [0, 0.05) is 12.3 Å². The van der Waals surface area contributed by atoms with Gasteiger partial charge < -0.3 is 0 Å². The van der Waals surface area contributed by atoms with Crippen LogP contribution in [-0.4, -0.2) is 10.9 Å². The van der Waals surface area contributed by atoms with Gasteiger partial charge in [0.15, 0.2) is 5.82 Å². The molecule has 14 heavy (non-hydrogen) atoms. The van der Waals surface area contributed by atoms with Crippen molar-refractivity contribution in [2.75, 3.05) is 5.43 Å². The first-order chi connectivity index (χ1) is 6.74. The second kappa shape index (κ2) is 5.24. The molecule has 1 aromatic heterocycles. The van der Waals surface area contributed by atoms with Crippen LogP contribution < -0.4 is 10.9 Å². The van der Waals surface area contributed by atoms with Crippen molar-refractivity contribution >= 4 is 23.3 Å². The fraction of sp³-hybridized carbons (Fsp3) is 0.111. The van der Waals surface area contributed by atoms with E-state index >= 15 is 0 Å². The van der Waals surface area contributed by atoms with E-state index in [0.717, 1.165) is 0 Å². The van der Waals surface area contributed by atoms with Crippen LogP contribution in [0.3, 0.4) is 0 Å². The highest BCUT2D eigenvalue weighted by molar-refractivity contribution is 6.32. The number of amides is 1. The molecule has 0 atom stereocenters. The maximum atomic E-state index is 11.0. The van der Waals surface area contributed by atoms with Crippen LogP contribution in [0.25, 0.3) is 0 Å². The van der Waals surface area contributed by atoms with Crippen molar-refractivity contribution in [2.45, 2.75) is 6.92 Å². The first kappa shape index (κ1) is 10.5. The number of pyridine rings is 1. The Hall–Kier alpha value is -1.55. The number of hydrogen-bond donors (Lipinski definition) is 2. The third-order valence-corrected chi connectivity index (χ3v) is 1.69. The highest BCUT2D eigenvalue weighted by atomic mass is 35.5. The first-order valence-corrected chi connectivity index (χ1v) is 4.41. The van der Waals surface area contributed by atoms with Crippen LogP contribution >= 0.6 is 11.6 Å². The molecule has 1 rings (SSSR count). The van der Waals surface area contributed by atoms with Crippen LogP contribution in [0.1, 0.15) is 6.92 Å². The van der Waals surface area contributed by atoms with E-state index in [4.69, 9.17) is 11.6 Å². The van der Waals surface area contributed by atoms with Crippen molar-refractivity contribution in [2.24, 2.45) is 0 Å². The molecule has 74 valence electrons. The summed E-state index contributed by atoms with van der Waals surface area (Å²) in [4.78, 5) is 14.9. The summed E-state index contributed by atoms with van der Waals surface area (Å²) in [7, 11) is 0. The second-order valence-electron chi connectivity index (χ2n) is 2.45.